The molecule has 0 N–H and O–H groups in total. The number of fused-ring (bicyclic) bond motifs is 4. The van der Waals surface area contributed by atoms with Crippen LogP contribution in [0.25, 0.3) is 0 Å². The van der Waals surface area contributed by atoms with E-state index >= 15 is 0 Å². The molecule has 2 aromatic carbocycles. The highest BCUT2D eigenvalue weighted by Gasteiger charge is 2.96. The summed E-state index contributed by atoms with van der Waals surface area (Å²) in [5.41, 5.74) is 7.12. The first-order valence-electron chi connectivity index (χ1n) is 8.61. The highest BCUT2D eigenvalue weighted by atomic mass is 15.0. The van der Waals surface area contributed by atoms with Gasteiger partial charge in [-0.05, 0) is 70.6 Å². The van der Waals surface area contributed by atoms with Crippen molar-refractivity contribution in [3.8, 4) is 0 Å². The molecule has 0 heterocycles. The molecule has 1 spiro atoms. The summed E-state index contributed by atoms with van der Waals surface area (Å²) in [7, 11) is 0. The normalized spacial score (nSPS) is 44.2. The second-order valence-corrected chi connectivity index (χ2v) is 8.04. The van der Waals surface area contributed by atoms with E-state index in [0.29, 0.717) is 5.41 Å². The van der Waals surface area contributed by atoms with Crippen molar-refractivity contribution in [2.45, 2.75) is 18.3 Å². The van der Waals surface area contributed by atoms with Gasteiger partial charge in [-0.1, -0.05) is 48.5 Å². The van der Waals surface area contributed by atoms with Crippen LogP contribution in [0.2, 0.25) is 0 Å². The van der Waals surface area contributed by atoms with Crippen LogP contribution in [0.5, 0.6) is 0 Å². The molecule has 5 saturated carbocycles. The minimum absolute atomic E-state index is 0.433. The monoisotopic (exact) mass is 270 g/mol. The Labute approximate surface area is 125 Å². The maximum absolute atomic E-state index is 2.46. The van der Waals surface area contributed by atoms with Gasteiger partial charge in [-0.3, -0.25) is 0 Å². The Balaban J connectivity index is 1.56. The molecule has 21 heavy (non-hydrogen) atoms. The molecule has 0 heteroatoms. The van der Waals surface area contributed by atoms with Gasteiger partial charge in [-0.25, -0.2) is 0 Å². The maximum atomic E-state index is 2.46. The van der Waals surface area contributed by atoms with Crippen LogP contribution in [0.1, 0.15) is 22.3 Å². The van der Waals surface area contributed by atoms with Crippen LogP contribution < -0.4 is 0 Å². The second-order valence-electron chi connectivity index (χ2n) is 8.04. The Morgan fingerprint density at radius 3 is 1.62 bits per heavy atom. The molecule has 0 radical (unpaired) electrons. The zero-order valence-corrected chi connectivity index (χ0v) is 12.0. The molecule has 6 aliphatic rings. The third-order valence-electron chi connectivity index (χ3n) is 7.69. The average Bonchev–Trinajstić information content (AvgIpc) is 3.47. The molecule has 8 rings (SSSR count). The average molecular weight is 270 g/mol. The first-order chi connectivity index (χ1) is 10.4. The highest BCUT2D eigenvalue weighted by molar-refractivity contribution is 5.63. The lowest BCUT2D eigenvalue weighted by Gasteiger charge is -2.27. The minimum atomic E-state index is 0.433. The van der Waals surface area contributed by atoms with E-state index < -0.39 is 0 Å². The largest absolute Gasteiger partial charge is 0.0620 e. The van der Waals surface area contributed by atoms with Crippen molar-refractivity contribution in [3.05, 3.63) is 70.8 Å². The Bertz CT molecular complexity index is 739. The fourth-order valence-corrected chi connectivity index (χ4v) is 7.04. The van der Waals surface area contributed by atoms with Gasteiger partial charge in [0.2, 0.25) is 0 Å². The molecule has 6 aliphatic carbocycles. The quantitative estimate of drug-likeness (QED) is 0.682. The summed E-state index contributed by atoms with van der Waals surface area (Å²) in [6.45, 7) is 0. The van der Waals surface area contributed by atoms with E-state index in [2.05, 4.69) is 48.5 Å². The summed E-state index contributed by atoms with van der Waals surface area (Å²) in [4.78, 5) is 0. The van der Waals surface area contributed by atoms with Crippen LogP contribution in [-0.2, 0) is 18.3 Å². The first-order valence-corrected chi connectivity index (χ1v) is 8.61. The molecule has 2 aromatic rings. The standard InChI is InChI=1S/C21H18/c1-3-7-13-11(5-1)9-10-12-6-2-4-8-14(12)21(13)19-17-15-16(17)18(15)20(19)21/h1-8,15-20H,9-10H2/t15?,16?,17?,18?,19-,20+. The summed E-state index contributed by atoms with van der Waals surface area (Å²) in [5, 5.41) is 0. The maximum Gasteiger partial charge on any atom is 0.0276 e. The van der Waals surface area contributed by atoms with Gasteiger partial charge in [0.25, 0.3) is 0 Å². The zero-order chi connectivity index (χ0) is 13.3. The lowest BCUT2D eigenvalue weighted by atomic mass is 9.76. The minimum Gasteiger partial charge on any atom is -0.0620 e. The fourth-order valence-electron chi connectivity index (χ4n) is 7.04. The lowest BCUT2D eigenvalue weighted by Crippen LogP contribution is -2.22. The van der Waals surface area contributed by atoms with Gasteiger partial charge < -0.3 is 0 Å². The van der Waals surface area contributed by atoms with E-state index in [1.165, 1.54) is 24.7 Å². The molecular weight excluding hydrogens is 252 g/mol. The Hall–Kier alpha value is -1.56. The number of aryl methyl sites for hydroxylation is 2. The summed E-state index contributed by atoms with van der Waals surface area (Å²) in [6, 6.07) is 18.8. The lowest BCUT2D eigenvalue weighted by molar-refractivity contribution is 0.439. The smallest absolute Gasteiger partial charge is 0.0276 e. The Morgan fingerprint density at radius 1 is 0.619 bits per heavy atom. The molecule has 4 atom stereocenters. The number of hydrogen-bond acceptors (Lipinski definition) is 0. The number of benzene rings is 2. The second kappa shape index (κ2) is 2.84. The van der Waals surface area contributed by atoms with Gasteiger partial charge in [0.15, 0.2) is 0 Å². The molecule has 5 fully saturated rings. The highest BCUT2D eigenvalue weighted by Crippen LogP contribution is 2.98. The third-order valence-corrected chi connectivity index (χ3v) is 7.69. The molecule has 2 unspecified atom stereocenters. The van der Waals surface area contributed by atoms with Gasteiger partial charge in [0, 0.05) is 5.41 Å². The third kappa shape index (κ3) is 0.876. The van der Waals surface area contributed by atoms with Crippen LogP contribution in [0.4, 0.5) is 0 Å². The molecule has 2 bridgehead atoms. The molecular formula is C21H18. The number of rotatable bonds is 0. The first kappa shape index (κ1) is 10.2. The van der Waals surface area contributed by atoms with Crippen molar-refractivity contribution in [2.24, 2.45) is 35.5 Å². The SMILES string of the molecule is c1ccc2c(c1)CCc1ccccc1C21[C@@H]2C3C4C3C4[C@@H]21. The molecule has 0 amide bonds. The predicted octanol–water partition coefficient (Wildman–Crippen LogP) is 3.82. The fraction of sp³-hybridized carbons (Fsp3) is 0.429. The van der Waals surface area contributed by atoms with Crippen molar-refractivity contribution in [3.63, 3.8) is 0 Å². The van der Waals surface area contributed by atoms with Crippen molar-refractivity contribution < 1.29 is 0 Å². The predicted molar refractivity (Wildman–Crippen MR) is 82.0 cm³/mol. The van der Waals surface area contributed by atoms with E-state index in [-0.39, 0.29) is 0 Å². The van der Waals surface area contributed by atoms with Gasteiger partial charge in [0.05, 0.1) is 0 Å². The Kier molecular flexibility index (Phi) is 1.38. The molecule has 0 aliphatic heterocycles. The van der Waals surface area contributed by atoms with E-state index in [9.17, 15) is 0 Å². The summed E-state index contributed by atoms with van der Waals surface area (Å²) < 4.78 is 0. The van der Waals surface area contributed by atoms with E-state index in [4.69, 9.17) is 0 Å². The van der Waals surface area contributed by atoms with Crippen molar-refractivity contribution in [2.75, 3.05) is 0 Å². The molecule has 0 saturated heterocycles. The van der Waals surface area contributed by atoms with Crippen molar-refractivity contribution in [1.29, 1.82) is 0 Å². The van der Waals surface area contributed by atoms with Crippen molar-refractivity contribution in [1.82, 2.24) is 0 Å². The van der Waals surface area contributed by atoms with Crippen LogP contribution in [0.3, 0.4) is 0 Å². The summed E-state index contributed by atoms with van der Waals surface area (Å²) in [6.07, 6.45) is 2.47. The van der Waals surface area contributed by atoms with E-state index in [1.807, 2.05) is 0 Å². The summed E-state index contributed by atoms with van der Waals surface area (Å²) >= 11 is 0. The van der Waals surface area contributed by atoms with Gasteiger partial charge in [0.1, 0.15) is 0 Å². The molecule has 102 valence electrons. The van der Waals surface area contributed by atoms with Crippen LogP contribution >= 0.6 is 0 Å². The van der Waals surface area contributed by atoms with Crippen LogP contribution in [-0.4, -0.2) is 0 Å². The zero-order valence-electron chi connectivity index (χ0n) is 12.0. The number of hydrogen-bond donors (Lipinski definition) is 0. The topological polar surface area (TPSA) is 0 Å². The molecule has 0 aromatic heterocycles. The van der Waals surface area contributed by atoms with Gasteiger partial charge >= 0.3 is 0 Å². The van der Waals surface area contributed by atoms with E-state index in [1.54, 1.807) is 22.3 Å². The molecule has 0 nitrogen and oxygen atoms in total. The van der Waals surface area contributed by atoms with Gasteiger partial charge in [-0.15, -0.1) is 0 Å². The van der Waals surface area contributed by atoms with Crippen molar-refractivity contribution >= 4 is 0 Å². The summed E-state index contributed by atoms with van der Waals surface area (Å²) in [5.74, 6) is 6.57. The van der Waals surface area contributed by atoms with Gasteiger partial charge in [-0.2, -0.15) is 0 Å². The van der Waals surface area contributed by atoms with Crippen LogP contribution in [0.15, 0.2) is 48.5 Å². The van der Waals surface area contributed by atoms with Crippen LogP contribution in [0, 0.1) is 35.5 Å². The van der Waals surface area contributed by atoms with E-state index in [0.717, 1.165) is 23.7 Å². The Morgan fingerprint density at radius 2 is 1.10 bits per heavy atom.